The molecule has 1 atom stereocenters. The fraction of sp³-hybridized carbons (Fsp3) is 0.231. The number of esters is 1. The third-order valence-electron chi connectivity index (χ3n) is 5.59. The zero-order chi connectivity index (χ0) is 23.3. The molecule has 1 aliphatic heterocycles. The van der Waals surface area contributed by atoms with Gasteiger partial charge in [0.25, 0.3) is 0 Å². The molecule has 0 saturated heterocycles. The number of rotatable bonds is 8. The number of hydrogen-bond acceptors (Lipinski definition) is 6. The molecular weight excluding hydrogens is 436 g/mol. The van der Waals surface area contributed by atoms with Crippen LogP contribution in [0.2, 0.25) is 0 Å². The van der Waals surface area contributed by atoms with Crippen molar-refractivity contribution in [2.75, 3.05) is 24.9 Å². The number of methoxy groups -OCH3 is 2. The van der Waals surface area contributed by atoms with Crippen LogP contribution in [0.5, 0.6) is 5.75 Å². The molecule has 2 N–H and O–H groups in total. The Morgan fingerprint density at radius 1 is 1.00 bits per heavy atom. The molecule has 4 rings (SSSR count). The first kappa shape index (κ1) is 22.7. The van der Waals surface area contributed by atoms with Crippen molar-refractivity contribution >= 4 is 35.0 Å². The summed E-state index contributed by atoms with van der Waals surface area (Å²) in [6.45, 7) is 0.690. The smallest absolute Gasteiger partial charge is 0.307 e. The van der Waals surface area contributed by atoms with Gasteiger partial charge in [0.1, 0.15) is 10.5 Å². The van der Waals surface area contributed by atoms with E-state index in [-0.39, 0.29) is 12.3 Å². The van der Waals surface area contributed by atoms with Gasteiger partial charge in [0.05, 0.1) is 26.3 Å². The van der Waals surface area contributed by atoms with Crippen molar-refractivity contribution in [2.45, 2.75) is 29.0 Å². The van der Waals surface area contributed by atoms with E-state index in [2.05, 4.69) is 22.8 Å². The molecule has 3 aromatic rings. The summed E-state index contributed by atoms with van der Waals surface area (Å²) >= 11 is 1.41. The fourth-order valence-corrected chi connectivity index (χ4v) is 5.20. The van der Waals surface area contributed by atoms with Crippen LogP contribution in [0.15, 0.2) is 77.7 Å². The molecule has 0 aliphatic carbocycles. The molecular formula is C26H26N2O4S. The number of thioether (sulfide) groups is 1. The summed E-state index contributed by atoms with van der Waals surface area (Å²) in [5.74, 6) is 0.111. The zero-order valence-corrected chi connectivity index (χ0v) is 19.4. The second-order valence-corrected chi connectivity index (χ2v) is 9.30. The highest BCUT2D eigenvalue weighted by Gasteiger charge is 2.45. The molecule has 1 unspecified atom stereocenters. The van der Waals surface area contributed by atoms with Crippen molar-refractivity contribution < 1.29 is 19.1 Å². The zero-order valence-electron chi connectivity index (χ0n) is 18.6. The number of hydrogen-bond donors (Lipinski definition) is 2. The van der Waals surface area contributed by atoms with Crippen molar-refractivity contribution in [2.24, 2.45) is 0 Å². The average Bonchev–Trinajstić information content (AvgIpc) is 2.84. The molecule has 1 heterocycles. The molecule has 6 nitrogen and oxygen atoms in total. The van der Waals surface area contributed by atoms with Gasteiger partial charge in [0.15, 0.2) is 0 Å². The topological polar surface area (TPSA) is 76.7 Å². The molecule has 0 radical (unpaired) electrons. The molecule has 0 fully saturated rings. The van der Waals surface area contributed by atoms with E-state index in [0.717, 1.165) is 27.6 Å². The second kappa shape index (κ2) is 10.0. The summed E-state index contributed by atoms with van der Waals surface area (Å²) in [5.41, 5.74) is 3.79. The average molecular weight is 463 g/mol. The summed E-state index contributed by atoms with van der Waals surface area (Å²) in [5, 5.41) is 6.44. The van der Waals surface area contributed by atoms with Gasteiger partial charge < -0.3 is 20.1 Å². The number of benzene rings is 3. The van der Waals surface area contributed by atoms with E-state index in [1.165, 1.54) is 24.4 Å². The van der Waals surface area contributed by atoms with Crippen LogP contribution in [0.3, 0.4) is 0 Å². The van der Waals surface area contributed by atoms with Gasteiger partial charge in [-0.3, -0.25) is 9.59 Å². The Labute approximate surface area is 197 Å². The highest BCUT2D eigenvalue weighted by atomic mass is 32.2. The lowest BCUT2D eigenvalue weighted by Gasteiger charge is -2.36. The quantitative estimate of drug-likeness (QED) is 0.464. The predicted octanol–water partition coefficient (Wildman–Crippen LogP) is 4.90. The maximum absolute atomic E-state index is 13.3. The second-order valence-electron chi connectivity index (χ2n) is 7.88. The van der Waals surface area contributed by atoms with Gasteiger partial charge in [-0.1, -0.05) is 42.5 Å². The molecule has 0 aromatic heterocycles. The number of anilines is 2. The van der Waals surface area contributed by atoms with E-state index in [4.69, 9.17) is 9.47 Å². The van der Waals surface area contributed by atoms with E-state index < -0.39 is 10.7 Å². The molecule has 1 amide bonds. The van der Waals surface area contributed by atoms with Gasteiger partial charge in [0.2, 0.25) is 5.91 Å². The predicted molar refractivity (Wildman–Crippen MR) is 131 cm³/mol. The minimum atomic E-state index is -1.02. The summed E-state index contributed by atoms with van der Waals surface area (Å²) in [4.78, 5) is 26.5. The molecule has 0 saturated carbocycles. The van der Waals surface area contributed by atoms with E-state index in [9.17, 15) is 9.59 Å². The summed E-state index contributed by atoms with van der Waals surface area (Å²) in [6, 6.07) is 23.5. The monoisotopic (exact) mass is 462 g/mol. The molecule has 33 heavy (non-hydrogen) atoms. The van der Waals surface area contributed by atoms with Gasteiger partial charge in [-0.15, -0.1) is 11.8 Å². The lowest BCUT2D eigenvalue weighted by atomic mass is 9.93. The van der Waals surface area contributed by atoms with Crippen LogP contribution in [0, 0.1) is 0 Å². The lowest BCUT2D eigenvalue weighted by molar-refractivity contribution is -0.142. The Balaban J connectivity index is 1.60. The number of carbonyl (C=O) groups excluding carboxylic acids is 2. The number of carbonyl (C=O) groups is 2. The number of fused-ring (bicyclic) bond motifs is 1. The molecule has 7 heteroatoms. The Morgan fingerprint density at radius 2 is 1.76 bits per heavy atom. The summed E-state index contributed by atoms with van der Waals surface area (Å²) < 4.78 is 9.15. The minimum Gasteiger partial charge on any atom is -0.497 e. The van der Waals surface area contributed by atoms with E-state index in [0.29, 0.717) is 13.0 Å². The van der Waals surface area contributed by atoms with Crippen LogP contribution in [0.4, 0.5) is 11.4 Å². The lowest BCUT2D eigenvalue weighted by Crippen LogP contribution is -2.46. The first-order valence-electron chi connectivity index (χ1n) is 10.6. The number of ether oxygens (including phenoxy) is 2. The fourth-order valence-electron chi connectivity index (χ4n) is 3.79. The Morgan fingerprint density at radius 3 is 2.45 bits per heavy atom. The van der Waals surface area contributed by atoms with Crippen molar-refractivity contribution in [1.82, 2.24) is 0 Å². The molecule has 0 spiro atoms. The first-order valence-corrected chi connectivity index (χ1v) is 11.4. The van der Waals surface area contributed by atoms with E-state index in [1.54, 1.807) is 7.11 Å². The number of nitrogens with one attached hydrogen (secondary N) is 2. The Bertz CT molecular complexity index is 1130. The van der Waals surface area contributed by atoms with Gasteiger partial charge in [0, 0.05) is 17.1 Å². The van der Waals surface area contributed by atoms with Gasteiger partial charge in [-0.05, 0) is 47.9 Å². The van der Waals surface area contributed by atoms with Crippen LogP contribution in [-0.4, -0.2) is 30.8 Å². The summed E-state index contributed by atoms with van der Waals surface area (Å²) in [6.07, 6.45) is 0.344. The first-order chi connectivity index (χ1) is 16.0. The Hall–Kier alpha value is -3.45. The van der Waals surface area contributed by atoms with Gasteiger partial charge in [-0.2, -0.15) is 0 Å². The van der Waals surface area contributed by atoms with Crippen molar-refractivity contribution in [3.8, 4) is 5.75 Å². The third-order valence-corrected chi connectivity index (χ3v) is 7.02. The Kier molecular flexibility index (Phi) is 6.89. The third kappa shape index (κ3) is 5.31. The van der Waals surface area contributed by atoms with Crippen LogP contribution in [0.25, 0.3) is 0 Å². The SMILES string of the molecule is COC(=O)CC1(Cc2ccc(OC)cc2)Sc2cc(NCc3ccccc3)ccc2NC1=O. The standard InChI is InChI=1S/C26H26N2O4S/c1-31-21-11-8-18(9-12-21)15-26(16-24(29)32-2)25(30)28-22-13-10-20(14-23(22)33-26)27-17-19-6-4-3-5-7-19/h3-14,27H,15-17H2,1-2H3,(H,28,30). The van der Waals surface area contributed by atoms with E-state index >= 15 is 0 Å². The maximum atomic E-state index is 13.3. The molecule has 0 bridgehead atoms. The number of amides is 1. The largest absolute Gasteiger partial charge is 0.497 e. The maximum Gasteiger partial charge on any atom is 0.307 e. The molecule has 1 aliphatic rings. The van der Waals surface area contributed by atoms with Crippen molar-refractivity contribution in [3.63, 3.8) is 0 Å². The van der Waals surface area contributed by atoms with Crippen LogP contribution in [-0.2, 0) is 27.3 Å². The van der Waals surface area contributed by atoms with Crippen LogP contribution in [0.1, 0.15) is 17.5 Å². The van der Waals surface area contributed by atoms with E-state index in [1.807, 2.05) is 60.7 Å². The molecule has 3 aromatic carbocycles. The minimum absolute atomic E-state index is 0.0346. The highest BCUT2D eigenvalue weighted by Crippen LogP contribution is 2.47. The van der Waals surface area contributed by atoms with Crippen LogP contribution < -0.4 is 15.4 Å². The normalized spacial score (nSPS) is 17.0. The van der Waals surface area contributed by atoms with Crippen molar-refractivity contribution in [1.29, 1.82) is 0 Å². The highest BCUT2D eigenvalue weighted by molar-refractivity contribution is 8.01. The van der Waals surface area contributed by atoms with Gasteiger partial charge in [-0.25, -0.2) is 0 Å². The van der Waals surface area contributed by atoms with Crippen LogP contribution >= 0.6 is 11.8 Å². The summed E-state index contributed by atoms with van der Waals surface area (Å²) in [7, 11) is 2.95. The van der Waals surface area contributed by atoms with Crippen molar-refractivity contribution in [3.05, 3.63) is 83.9 Å². The van der Waals surface area contributed by atoms with Gasteiger partial charge >= 0.3 is 5.97 Å². The molecule has 170 valence electrons.